The average molecular weight is 516 g/mol. The molecule has 0 aromatic heterocycles. The van der Waals surface area contributed by atoms with E-state index in [0.717, 1.165) is 0 Å². The molecule has 1 aliphatic rings. The highest BCUT2D eigenvalue weighted by Crippen LogP contribution is 2.20. The van der Waals surface area contributed by atoms with Crippen molar-refractivity contribution >= 4 is 41.4 Å². The number of rotatable bonds is 15. The molecule has 0 saturated carbocycles. The smallest absolute Gasteiger partial charge is 0.326 e. The fourth-order valence-electron chi connectivity index (χ4n) is 3.92. The topological polar surface area (TPSA) is 206 Å². The van der Waals surface area contributed by atoms with Crippen molar-refractivity contribution in [1.82, 2.24) is 15.5 Å². The highest BCUT2D eigenvalue weighted by atomic mass is 32.2. The fourth-order valence-corrected chi connectivity index (χ4v) is 4.39. The standard InChI is InChI=1S/C22H41N7O5S/c1-13(2)12-14(23)18(30)27-15(6-4-9-26-22(24)25)19(31)28-16(8-11-35-3)20(32)29-10-5-7-17(29)21(33)34/h13-17H,4-12,23H2,1-3H3,(H,27,30)(H,28,31)(H,33,34)(H4,24,25,26). The Bertz CT molecular complexity index is 760. The van der Waals surface area contributed by atoms with Crippen molar-refractivity contribution in [3.05, 3.63) is 0 Å². The van der Waals surface area contributed by atoms with Gasteiger partial charge in [0.25, 0.3) is 0 Å². The van der Waals surface area contributed by atoms with E-state index in [4.69, 9.17) is 17.2 Å². The van der Waals surface area contributed by atoms with Crippen LogP contribution in [-0.2, 0) is 19.2 Å². The van der Waals surface area contributed by atoms with Gasteiger partial charge >= 0.3 is 5.97 Å². The number of carbonyl (C=O) groups excluding carboxylic acids is 3. The van der Waals surface area contributed by atoms with Gasteiger partial charge in [-0.2, -0.15) is 11.8 Å². The van der Waals surface area contributed by atoms with Crippen molar-refractivity contribution in [2.24, 2.45) is 28.1 Å². The molecule has 1 fully saturated rings. The predicted molar refractivity (Wildman–Crippen MR) is 137 cm³/mol. The first-order valence-electron chi connectivity index (χ1n) is 11.9. The Morgan fingerprint density at radius 1 is 1.11 bits per heavy atom. The van der Waals surface area contributed by atoms with Gasteiger partial charge in [0.1, 0.15) is 18.1 Å². The fraction of sp³-hybridized carbons (Fsp3) is 0.773. The summed E-state index contributed by atoms with van der Waals surface area (Å²) in [5.74, 6) is -1.78. The normalized spacial score (nSPS) is 18.0. The number of carbonyl (C=O) groups is 4. The summed E-state index contributed by atoms with van der Waals surface area (Å²) in [7, 11) is 0. The first-order valence-corrected chi connectivity index (χ1v) is 13.3. The Morgan fingerprint density at radius 3 is 2.34 bits per heavy atom. The number of nitrogens with one attached hydrogen (secondary N) is 2. The third kappa shape index (κ3) is 10.7. The highest BCUT2D eigenvalue weighted by Gasteiger charge is 2.38. The number of carboxylic acid groups (broad SMARTS) is 1. The van der Waals surface area contributed by atoms with Crippen LogP contribution in [0.4, 0.5) is 0 Å². The summed E-state index contributed by atoms with van der Waals surface area (Å²) in [5.41, 5.74) is 16.7. The summed E-state index contributed by atoms with van der Waals surface area (Å²) in [6.07, 6.45) is 4.26. The Labute approximate surface area is 211 Å². The van der Waals surface area contributed by atoms with Crippen LogP contribution in [0.1, 0.15) is 52.4 Å². The molecule has 0 bridgehead atoms. The van der Waals surface area contributed by atoms with Crippen molar-refractivity contribution in [3.63, 3.8) is 0 Å². The molecule has 0 spiro atoms. The highest BCUT2D eigenvalue weighted by molar-refractivity contribution is 7.98. The van der Waals surface area contributed by atoms with E-state index < -0.39 is 47.9 Å². The Kier molecular flexibility index (Phi) is 13.5. The summed E-state index contributed by atoms with van der Waals surface area (Å²) in [6.45, 7) is 4.47. The van der Waals surface area contributed by atoms with Crippen LogP contribution < -0.4 is 27.8 Å². The van der Waals surface area contributed by atoms with Crippen molar-refractivity contribution in [1.29, 1.82) is 0 Å². The first-order chi connectivity index (χ1) is 16.5. The SMILES string of the molecule is CSCCC(NC(=O)C(CCCN=C(N)N)NC(=O)C(N)CC(C)C)C(=O)N1CCCC1C(=O)O. The molecule has 3 amide bonds. The quantitative estimate of drug-likeness (QED) is 0.0916. The molecule has 1 aliphatic heterocycles. The molecule has 4 unspecified atom stereocenters. The molecule has 0 aromatic carbocycles. The largest absolute Gasteiger partial charge is 0.480 e. The maximum Gasteiger partial charge on any atom is 0.326 e. The van der Waals surface area contributed by atoms with Crippen LogP contribution in [0.15, 0.2) is 4.99 Å². The van der Waals surface area contributed by atoms with Crippen molar-refractivity contribution in [3.8, 4) is 0 Å². The van der Waals surface area contributed by atoms with Gasteiger partial charge in [-0.15, -0.1) is 0 Å². The molecule has 35 heavy (non-hydrogen) atoms. The van der Waals surface area contributed by atoms with E-state index >= 15 is 0 Å². The van der Waals surface area contributed by atoms with Crippen LogP contribution in [-0.4, -0.2) is 88.9 Å². The number of likely N-dealkylation sites (tertiary alicyclic amines) is 1. The second-order valence-corrected chi connectivity index (χ2v) is 10.1. The molecule has 9 N–H and O–H groups in total. The zero-order chi connectivity index (χ0) is 26.5. The lowest BCUT2D eigenvalue weighted by Gasteiger charge is -2.29. The van der Waals surface area contributed by atoms with Gasteiger partial charge in [-0.25, -0.2) is 4.79 Å². The molecular formula is C22H41N7O5S. The van der Waals surface area contributed by atoms with Crippen LogP contribution in [0.25, 0.3) is 0 Å². The van der Waals surface area contributed by atoms with Gasteiger partial charge in [0.2, 0.25) is 17.7 Å². The minimum atomic E-state index is -1.06. The number of nitrogens with two attached hydrogens (primary N) is 3. The van der Waals surface area contributed by atoms with Crippen molar-refractivity contribution in [2.75, 3.05) is 25.1 Å². The number of hydrogen-bond acceptors (Lipinski definition) is 7. The molecule has 1 heterocycles. The number of guanidine groups is 1. The minimum absolute atomic E-state index is 0.0738. The van der Waals surface area contributed by atoms with Crippen molar-refractivity contribution in [2.45, 2.75) is 76.5 Å². The van der Waals surface area contributed by atoms with Gasteiger partial charge in [0, 0.05) is 13.1 Å². The van der Waals surface area contributed by atoms with E-state index in [1.54, 1.807) is 0 Å². The number of aliphatic carboxylic acids is 1. The van der Waals surface area contributed by atoms with E-state index in [1.165, 1.54) is 16.7 Å². The molecule has 200 valence electrons. The van der Waals surface area contributed by atoms with Crippen LogP contribution in [0.5, 0.6) is 0 Å². The van der Waals surface area contributed by atoms with E-state index in [0.29, 0.717) is 44.4 Å². The van der Waals surface area contributed by atoms with Gasteiger partial charge in [-0.1, -0.05) is 13.8 Å². The third-order valence-corrected chi connectivity index (χ3v) is 6.33. The molecule has 13 heteroatoms. The number of thioether (sulfide) groups is 1. The van der Waals surface area contributed by atoms with Gasteiger partial charge in [-0.05, 0) is 56.5 Å². The van der Waals surface area contributed by atoms with E-state index in [1.807, 2.05) is 20.1 Å². The monoisotopic (exact) mass is 515 g/mol. The number of aliphatic imine (C=N–C) groups is 1. The number of nitrogens with zero attached hydrogens (tertiary/aromatic N) is 2. The minimum Gasteiger partial charge on any atom is -0.480 e. The zero-order valence-electron chi connectivity index (χ0n) is 20.9. The lowest BCUT2D eigenvalue weighted by molar-refractivity contribution is -0.149. The lowest BCUT2D eigenvalue weighted by atomic mass is 10.0. The van der Waals surface area contributed by atoms with E-state index in [9.17, 15) is 24.3 Å². The van der Waals surface area contributed by atoms with Crippen LogP contribution in [0.3, 0.4) is 0 Å². The Hall–Kier alpha value is -2.54. The Balaban J connectivity index is 2.99. The maximum atomic E-state index is 13.2. The zero-order valence-corrected chi connectivity index (χ0v) is 21.7. The van der Waals surface area contributed by atoms with E-state index in [-0.39, 0.29) is 24.8 Å². The molecule has 0 aliphatic carbocycles. The Morgan fingerprint density at radius 2 is 1.77 bits per heavy atom. The van der Waals surface area contributed by atoms with Gasteiger partial charge < -0.3 is 37.8 Å². The third-order valence-electron chi connectivity index (χ3n) is 5.69. The molecule has 0 radical (unpaired) electrons. The lowest BCUT2D eigenvalue weighted by Crippen LogP contribution is -2.57. The molecular weight excluding hydrogens is 474 g/mol. The first kappa shape index (κ1) is 30.5. The van der Waals surface area contributed by atoms with Gasteiger partial charge in [0.15, 0.2) is 5.96 Å². The summed E-state index contributed by atoms with van der Waals surface area (Å²) < 4.78 is 0. The van der Waals surface area contributed by atoms with E-state index in [2.05, 4.69) is 15.6 Å². The molecule has 4 atom stereocenters. The summed E-state index contributed by atoms with van der Waals surface area (Å²) in [6, 6.07) is -3.54. The second-order valence-electron chi connectivity index (χ2n) is 9.12. The average Bonchev–Trinajstić information content (AvgIpc) is 3.27. The second kappa shape index (κ2) is 15.5. The summed E-state index contributed by atoms with van der Waals surface area (Å²) >= 11 is 1.51. The predicted octanol–water partition coefficient (Wildman–Crippen LogP) is -0.788. The van der Waals surface area contributed by atoms with Crippen LogP contribution in [0.2, 0.25) is 0 Å². The number of amides is 3. The van der Waals surface area contributed by atoms with Gasteiger partial charge in [0.05, 0.1) is 6.04 Å². The summed E-state index contributed by atoms with van der Waals surface area (Å²) in [5, 5.41) is 14.9. The van der Waals surface area contributed by atoms with Gasteiger partial charge in [-0.3, -0.25) is 19.4 Å². The maximum absolute atomic E-state index is 13.2. The molecule has 0 aromatic rings. The van der Waals surface area contributed by atoms with Crippen molar-refractivity contribution < 1.29 is 24.3 Å². The van der Waals surface area contributed by atoms with Crippen LogP contribution >= 0.6 is 11.8 Å². The number of carboxylic acids is 1. The number of hydrogen-bond donors (Lipinski definition) is 6. The molecule has 1 saturated heterocycles. The molecule has 1 rings (SSSR count). The molecule has 12 nitrogen and oxygen atoms in total. The van der Waals surface area contributed by atoms with Crippen LogP contribution in [0, 0.1) is 5.92 Å². The summed E-state index contributed by atoms with van der Waals surface area (Å²) in [4.78, 5) is 55.8.